The van der Waals surface area contributed by atoms with E-state index in [1.807, 2.05) is 0 Å². The molecule has 0 N–H and O–H groups in total. The summed E-state index contributed by atoms with van der Waals surface area (Å²) in [4.78, 5) is 12.1. The van der Waals surface area contributed by atoms with E-state index in [0.29, 0.717) is 19.3 Å². The monoisotopic (exact) mass is 480 g/mol. The van der Waals surface area contributed by atoms with E-state index in [0.717, 1.165) is 82.4 Å². The molecule has 0 aliphatic heterocycles. The average Bonchev–Trinajstić information content (AvgIpc) is 2.78. The van der Waals surface area contributed by atoms with Crippen LogP contribution in [0.25, 0.3) is 0 Å². The Kier molecular flexibility index (Phi) is 12.6. The van der Waals surface area contributed by atoms with E-state index in [1.54, 1.807) is 0 Å². The molecule has 5 nitrogen and oxygen atoms in total. The molecule has 1 saturated carbocycles. The van der Waals surface area contributed by atoms with Crippen molar-refractivity contribution in [3.63, 3.8) is 0 Å². The summed E-state index contributed by atoms with van der Waals surface area (Å²) in [6.45, 7) is 5.81. The van der Waals surface area contributed by atoms with Crippen molar-refractivity contribution in [2.24, 2.45) is 5.92 Å². The van der Waals surface area contributed by atoms with Gasteiger partial charge in [0.15, 0.2) is 0 Å². The maximum atomic E-state index is 13.8. The summed E-state index contributed by atoms with van der Waals surface area (Å²) in [7, 11) is -2.36. The van der Waals surface area contributed by atoms with E-state index in [4.69, 9.17) is 8.71 Å². The van der Waals surface area contributed by atoms with Gasteiger partial charge in [0.05, 0.1) is 0 Å². The Bertz CT molecular complexity index is 590. The molecular formula is C24H49O5PS. The predicted octanol–water partition coefficient (Wildman–Crippen LogP) is 6.73. The molecule has 1 fully saturated rings. The third-order valence-electron chi connectivity index (χ3n) is 7.19. The van der Waals surface area contributed by atoms with E-state index < -0.39 is 22.2 Å². The van der Waals surface area contributed by atoms with Gasteiger partial charge in [-0.15, -0.1) is 0 Å². The first-order chi connectivity index (χ1) is 14.7. The predicted molar refractivity (Wildman–Crippen MR) is 134 cm³/mol. The Labute approximate surface area is 192 Å². The van der Waals surface area contributed by atoms with Crippen LogP contribution >= 0.6 is 6.83 Å². The van der Waals surface area contributed by atoms with Crippen molar-refractivity contribution in [1.82, 2.24) is 0 Å². The number of rotatable bonds is 16. The van der Waals surface area contributed by atoms with Crippen molar-refractivity contribution in [2.75, 3.05) is 31.8 Å². The number of carbonyl (C=O) groups excluding carboxylic acids is 1. The summed E-state index contributed by atoms with van der Waals surface area (Å²) in [5.41, 5.74) is 0. The second kappa shape index (κ2) is 13.5. The van der Waals surface area contributed by atoms with Crippen LogP contribution in [-0.2, 0) is 23.6 Å². The van der Waals surface area contributed by atoms with Crippen molar-refractivity contribution in [3.8, 4) is 0 Å². The Balaban J connectivity index is 3.34. The van der Waals surface area contributed by atoms with Gasteiger partial charge in [0.25, 0.3) is 0 Å². The Morgan fingerprint density at radius 3 is 1.68 bits per heavy atom. The first kappa shape index (κ1) is 28.8. The van der Waals surface area contributed by atoms with E-state index in [2.05, 4.69) is 27.7 Å². The molecule has 2 unspecified atom stereocenters. The minimum absolute atomic E-state index is 0.286. The molecule has 1 aliphatic rings. The fourth-order valence-corrected chi connectivity index (χ4v) is 16.0. The Morgan fingerprint density at radius 2 is 1.29 bits per heavy atom. The standard InChI is InChI=1S/C24H49O5PS/c1-6-10-17-30(18-11-7-2,19-12-8-3,20-13-9-4)29-31(26,27)23-16-14-15-22(21-23)24(25)28-5/h22-23H,6-21H2,1-5H3. The van der Waals surface area contributed by atoms with Crippen molar-refractivity contribution in [1.29, 1.82) is 0 Å². The molecule has 1 aliphatic carbocycles. The summed E-state index contributed by atoms with van der Waals surface area (Å²) >= 11 is 0. The third kappa shape index (κ3) is 8.27. The first-order valence-corrected chi connectivity index (χ1v) is 17.1. The van der Waals surface area contributed by atoms with Gasteiger partial charge in [-0.05, 0) is 0 Å². The zero-order valence-corrected chi connectivity index (χ0v) is 22.6. The summed E-state index contributed by atoms with van der Waals surface area (Å²) in [5.74, 6) is -0.614. The van der Waals surface area contributed by atoms with Crippen molar-refractivity contribution in [2.45, 2.75) is 110 Å². The fraction of sp³-hybridized carbons (Fsp3) is 0.958. The second-order valence-corrected chi connectivity index (χ2v) is 17.5. The molecule has 1 rings (SSSR count). The van der Waals surface area contributed by atoms with Gasteiger partial charge in [-0.2, -0.15) is 0 Å². The summed E-state index contributed by atoms with van der Waals surface area (Å²) in [6.07, 6.45) is 14.4. The molecule has 0 heterocycles. The van der Waals surface area contributed by atoms with Gasteiger partial charge in [0.1, 0.15) is 0 Å². The summed E-state index contributed by atoms with van der Waals surface area (Å²) in [5, 5.41) is -0.585. The molecule has 0 radical (unpaired) electrons. The average molecular weight is 481 g/mol. The number of methoxy groups -OCH3 is 1. The molecule has 0 aromatic carbocycles. The van der Waals surface area contributed by atoms with Crippen LogP contribution in [0.4, 0.5) is 0 Å². The third-order valence-corrected chi connectivity index (χ3v) is 16.7. The van der Waals surface area contributed by atoms with E-state index in [9.17, 15) is 13.2 Å². The molecule has 0 amide bonds. The molecule has 0 spiro atoms. The van der Waals surface area contributed by atoms with Crippen molar-refractivity contribution in [3.05, 3.63) is 0 Å². The van der Waals surface area contributed by atoms with Crippen molar-refractivity contribution >= 4 is 22.9 Å². The van der Waals surface area contributed by atoms with E-state index in [-0.39, 0.29) is 11.9 Å². The number of esters is 1. The van der Waals surface area contributed by atoms with Gasteiger partial charge in [-0.3, -0.25) is 0 Å². The number of unbranched alkanes of at least 4 members (excludes halogenated alkanes) is 4. The second-order valence-electron chi connectivity index (χ2n) is 9.74. The van der Waals surface area contributed by atoms with Crippen LogP contribution in [-0.4, -0.2) is 51.4 Å². The number of hydrogen-bond acceptors (Lipinski definition) is 5. The van der Waals surface area contributed by atoms with Gasteiger partial charge >= 0.3 is 193 Å². The Morgan fingerprint density at radius 1 is 0.839 bits per heavy atom. The van der Waals surface area contributed by atoms with Crippen LogP contribution < -0.4 is 0 Å². The quantitative estimate of drug-likeness (QED) is 0.181. The van der Waals surface area contributed by atoms with Crippen molar-refractivity contribution < 1.29 is 21.9 Å². The van der Waals surface area contributed by atoms with E-state index in [1.165, 1.54) is 7.11 Å². The van der Waals surface area contributed by atoms with Crippen LogP contribution in [0.3, 0.4) is 0 Å². The van der Waals surface area contributed by atoms with Gasteiger partial charge in [0, 0.05) is 0 Å². The Hall–Kier alpha value is -0.190. The van der Waals surface area contributed by atoms with Gasteiger partial charge in [-0.1, -0.05) is 0 Å². The minimum atomic E-state index is -3.75. The molecule has 0 bridgehead atoms. The van der Waals surface area contributed by atoms with Crippen LogP contribution in [0, 0.1) is 5.92 Å². The van der Waals surface area contributed by atoms with Crippen LogP contribution in [0.2, 0.25) is 0 Å². The molecule has 0 aromatic heterocycles. The SMILES string of the molecule is CCCCP(CCCC)(CCCC)(CCCC)OS(=O)(=O)C1CCCC(C(=O)OC)C1. The molecule has 0 aromatic rings. The normalized spacial score (nSPS) is 21.4. The molecule has 186 valence electrons. The van der Waals surface area contributed by atoms with Gasteiger partial charge in [0.2, 0.25) is 0 Å². The van der Waals surface area contributed by atoms with Gasteiger partial charge in [-0.25, -0.2) is 0 Å². The molecule has 7 heteroatoms. The molecule has 31 heavy (non-hydrogen) atoms. The molecule has 0 saturated heterocycles. The first-order valence-electron chi connectivity index (χ1n) is 12.7. The molecular weight excluding hydrogens is 431 g/mol. The zero-order valence-electron chi connectivity index (χ0n) is 20.9. The number of hydrogen-bond donors (Lipinski definition) is 0. The topological polar surface area (TPSA) is 69.7 Å². The fourth-order valence-electron chi connectivity index (χ4n) is 5.19. The maximum absolute atomic E-state index is 13.8. The van der Waals surface area contributed by atoms with Crippen LogP contribution in [0.1, 0.15) is 105 Å². The summed E-state index contributed by atoms with van der Waals surface area (Å²) < 4.78 is 39.1. The van der Waals surface area contributed by atoms with Crippen LogP contribution in [0.15, 0.2) is 0 Å². The molecule has 2 atom stereocenters. The number of carbonyl (C=O) groups is 1. The zero-order chi connectivity index (χ0) is 23.4. The van der Waals surface area contributed by atoms with Crippen LogP contribution in [0.5, 0.6) is 0 Å². The number of ether oxygens (including phenoxy) is 1. The van der Waals surface area contributed by atoms with E-state index >= 15 is 0 Å². The summed E-state index contributed by atoms with van der Waals surface area (Å²) in [6, 6.07) is 0. The van der Waals surface area contributed by atoms with Gasteiger partial charge < -0.3 is 0 Å².